The molecule has 28 heteroatoms. The number of benzene rings is 7. The van der Waals surface area contributed by atoms with Crippen LogP contribution in [0.4, 0.5) is 19.2 Å². The molecule has 0 aromatic heterocycles. The lowest BCUT2D eigenvalue weighted by molar-refractivity contribution is -0.138. The van der Waals surface area contributed by atoms with Gasteiger partial charge in [0, 0.05) is 62.0 Å². The van der Waals surface area contributed by atoms with Crippen molar-refractivity contribution < 1.29 is 95.2 Å². The van der Waals surface area contributed by atoms with E-state index in [2.05, 4.69) is 54.2 Å². The lowest BCUT2D eigenvalue weighted by Crippen LogP contribution is -2.35. The van der Waals surface area contributed by atoms with Gasteiger partial charge < -0.3 is 78.1 Å². The Hall–Kier alpha value is -12.0. The normalized spacial score (nSPS) is 11.9. The molecule has 0 aliphatic heterocycles. The summed E-state index contributed by atoms with van der Waals surface area (Å²) >= 11 is 5.88. The van der Waals surface area contributed by atoms with Gasteiger partial charge in [0.15, 0.2) is 0 Å². The molecule has 0 saturated heterocycles. The number of amides is 4. The van der Waals surface area contributed by atoms with E-state index in [-0.39, 0.29) is 79.0 Å². The van der Waals surface area contributed by atoms with Crippen LogP contribution in [0.25, 0.3) is 11.1 Å². The maximum atomic E-state index is 13.2. The zero-order chi connectivity index (χ0) is 82.0. The SMILES string of the molecule is C=C/C=C\C=C(/C)SCC(COc1ccc(C(=C(c2ccc(OCC(CSc3ccccc3)OC(=O)NCCOC(=O)C=C)cc2)c2ccc(OCC(CSc3ccccc3)OC(=O)NCCOC(=O)C=C)cc2)c2ccc(OCC(CSc3ccccc3)OC(=O)NCCOC(=O)C=C)cc2)cc1)OC(=O)NCCOC(=O)C=C. The first kappa shape index (κ1) is 90.2. The largest absolute Gasteiger partial charge is 0.490 e. The molecule has 7 rings (SSSR count). The molecular weight excluding hydrogens is 1550 g/mol. The van der Waals surface area contributed by atoms with Crippen LogP contribution in [-0.4, -0.2) is 175 Å². The molecule has 7 aromatic rings. The number of nitrogens with one attached hydrogen (secondary N) is 4. The third kappa shape index (κ3) is 35.7. The molecule has 0 fully saturated rings. The first-order valence-corrected chi connectivity index (χ1v) is 40.2. The number of thioether (sulfide) groups is 4. The average Bonchev–Trinajstić information content (AvgIpc) is 0.778. The number of carbonyl (C=O) groups excluding carboxylic acids is 8. The van der Waals surface area contributed by atoms with Crippen LogP contribution in [0.2, 0.25) is 0 Å². The number of hydrogen-bond acceptors (Lipinski definition) is 24. The average molecular weight is 1640 g/mol. The van der Waals surface area contributed by atoms with E-state index in [9.17, 15) is 38.4 Å². The van der Waals surface area contributed by atoms with E-state index in [0.29, 0.717) is 79.4 Å². The number of carbonyl (C=O) groups is 8. The highest BCUT2D eigenvalue weighted by atomic mass is 32.2. The van der Waals surface area contributed by atoms with Crippen molar-refractivity contribution in [1.82, 2.24) is 21.3 Å². The Morgan fingerprint density at radius 1 is 0.339 bits per heavy atom. The van der Waals surface area contributed by atoms with Gasteiger partial charge in [-0.15, -0.1) is 47.0 Å². The van der Waals surface area contributed by atoms with Crippen molar-refractivity contribution >= 4 is 106 Å². The van der Waals surface area contributed by atoms with Gasteiger partial charge in [-0.05, 0) is 130 Å². The van der Waals surface area contributed by atoms with Gasteiger partial charge in [0.1, 0.15) is 100 Å². The van der Waals surface area contributed by atoms with Crippen molar-refractivity contribution in [2.75, 3.05) is 102 Å². The van der Waals surface area contributed by atoms with Gasteiger partial charge in [-0.3, -0.25) is 0 Å². The first-order valence-electron chi connectivity index (χ1n) is 36.2. The van der Waals surface area contributed by atoms with Crippen LogP contribution < -0.4 is 40.2 Å². The van der Waals surface area contributed by atoms with E-state index in [1.807, 2.05) is 195 Å². The highest BCUT2D eigenvalue weighted by molar-refractivity contribution is 8.03. The molecule has 24 nitrogen and oxygen atoms in total. The smallest absolute Gasteiger partial charge is 0.407 e. The summed E-state index contributed by atoms with van der Waals surface area (Å²) < 4.78 is 69.4. The molecule has 0 bridgehead atoms. The zero-order valence-corrected chi connectivity index (χ0v) is 66.7. The summed E-state index contributed by atoms with van der Waals surface area (Å²) in [6, 6.07) is 58.5. The van der Waals surface area contributed by atoms with Crippen LogP contribution in [-0.2, 0) is 57.1 Å². The van der Waals surface area contributed by atoms with Gasteiger partial charge >= 0.3 is 48.3 Å². The Morgan fingerprint density at radius 2 is 0.591 bits per heavy atom. The maximum absolute atomic E-state index is 13.2. The number of ether oxygens (including phenoxy) is 12. The highest BCUT2D eigenvalue weighted by Gasteiger charge is 2.24. The molecule has 0 radical (unpaired) electrons. The molecule has 0 aliphatic carbocycles. The van der Waals surface area contributed by atoms with E-state index in [4.69, 9.17) is 56.8 Å². The van der Waals surface area contributed by atoms with Crippen LogP contribution in [0, 0.1) is 0 Å². The number of esters is 4. The lowest BCUT2D eigenvalue weighted by atomic mass is 9.85. The number of alkyl carbamates (subject to hydrolysis) is 4. The van der Waals surface area contributed by atoms with Crippen LogP contribution >= 0.6 is 47.0 Å². The van der Waals surface area contributed by atoms with E-state index < -0.39 is 72.7 Å². The molecule has 4 atom stereocenters. The second kappa shape index (κ2) is 52.4. The molecule has 0 saturated carbocycles. The quantitative estimate of drug-likeness (QED) is 0.00524. The van der Waals surface area contributed by atoms with Crippen LogP contribution in [0.5, 0.6) is 23.0 Å². The fourth-order valence-corrected chi connectivity index (χ4v) is 13.4. The van der Waals surface area contributed by atoms with Crippen molar-refractivity contribution in [3.05, 3.63) is 297 Å². The third-order valence-electron chi connectivity index (χ3n) is 15.4. The van der Waals surface area contributed by atoms with E-state index in [0.717, 1.165) is 43.9 Å². The molecule has 0 heterocycles. The Bertz CT molecular complexity index is 4220. The monoisotopic (exact) mass is 1640 g/mol. The minimum atomic E-state index is -0.771. The summed E-state index contributed by atoms with van der Waals surface area (Å²) in [5.74, 6) is 0.506. The van der Waals surface area contributed by atoms with Crippen molar-refractivity contribution in [1.29, 1.82) is 0 Å². The predicted molar refractivity (Wildman–Crippen MR) is 448 cm³/mol. The summed E-state index contributed by atoms with van der Waals surface area (Å²) in [6.07, 6.45) is 5.30. The minimum Gasteiger partial charge on any atom is -0.490 e. The highest BCUT2D eigenvalue weighted by Crippen LogP contribution is 2.40. The standard InChI is InChI=1S/C87H92N4O20S4/c1-7-12-16-23-62(6)112-58-71(108-84(96)88-46-50-100-78(92)8-2)54-104-67-38-30-63(31-39-67)82(64-32-40-68(41-33-64)105-55-72(59-113-75-24-17-13-18-25-75)109-85(97)89-47-51-101-79(93)9-3)83(65-34-42-69(43-35-65)106-56-73(60-114-76-26-19-14-20-27-76)110-86(98)90-48-52-102-80(94)10-4)66-36-44-70(45-37-66)107-57-74(61-115-77-28-21-15-22-29-77)111-87(99)91-49-53-103-81(95)11-5/h7-45,71-74H,1-5,46-61H2,6H3,(H,88,96)(H,89,97)(H,90,98)(H,91,99)/b16-12-,62-23+,83-82?. The van der Waals surface area contributed by atoms with Crippen molar-refractivity contribution in [2.45, 2.75) is 46.0 Å². The second-order valence-electron chi connectivity index (χ2n) is 24.0. The summed E-state index contributed by atoms with van der Waals surface area (Å²) in [4.78, 5) is 103. The number of rotatable bonds is 50. The first-order chi connectivity index (χ1) is 56.0. The summed E-state index contributed by atoms with van der Waals surface area (Å²) in [5, 5.41) is 10.5. The Labute approximate surface area is 686 Å². The van der Waals surface area contributed by atoms with E-state index >= 15 is 0 Å². The van der Waals surface area contributed by atoms with E-state index in [1.54, 1.807) is 24.3 Å². The number of allylic oxidation sites excluding steroid dienone is 5. The maximum Gasteiger partial charge on any atom is 0.407 e. The van der Waals surface area contributed by atoms with Gasteiger partial charge in [-0.1, -0.05) is 160 Å². The third-order valence-corrected chi connectivity index (χ3v) is 20.0. The zero-order valence-electron chi connectivity index (χ0n) is 63.5. The van der Waals surface area contributed by atoms with Crippen LogP contribution in [0.3, 0.4) is 0 Å². The molecule has 7 aromatic carbocycles. The predicted octanol–water partition coefficient (Wildman–Crippen LogP) is 15.3. The molecule has 4 unspecified atom stereocenters. The second-order valence-corrected chi connectivity index (χ2v) is 28.5. The Balaban J connectivity index is 1.28. The topological polar surface area (TPSA) is 295 Å². The lowest BCUT2D eigenvalue weighted by Gasteiger charge is -2.21. The van der Waals surface area contributed by atoms with Crippen molar-refractivity contribution in [3.8, 4) is 23.0 Å². The van der Waals surface area contributed by atoms with Gasteiger partial charge in [-0.25, -0.2) is 38.4 Å². The molecule has 0 spiro atoms. The minimum absolute atomic E-state index is 0.00825. The number of hydrogen-bond donors (Lipinski definition) is 4. The summed E-state index contributed by atoms with van der Waals surface area (Å²) in [7, 11) is 0. The Kier molecular flexibility index (Phi) is 41.1. The summed E-state index contributed by atoms with van der Waals surface area (Å²) in [5.41, 5.74) is 4.27. The van der Waals surface area contributed by atoms with Gasteiger partial charge in [-0.2, -0.15) is 0 Å². The molecule has 4 amide bonds. The molecule has 0 aliphatic rings. The molecule has 115 heavy (non-hydrogen) atoms. The van der Waals surface area contributed by atoms with Crippen molar-refractivity contribution in [3.63, 3.8) is 0 Å². The van der Waals surface area contributed by atoms with Crippen LogP contribution in [0.1, 0.15) is 29.2 Å². The van der Waals surface area contributed by atoms with Crippen molar-refractivity contribution in [2.24, 2.45) is 0 Å². The molecule has 604 valence electrons. The summed E-state index contributed by atoms with van der Waals surface area (Å²) in [6.45, 7) is 18.6. The van der Waals surface area contributed by atoms with Gasteiger partial charge in [0.2, 0.25) is 0 Å². The van der Waals surface area contributed by atoms with Gasteiger partial charge in [0.25, 0.3) is 0 Å². The fourth-order valence-electron chi connectivity index (χ4n) is 9.89. The van der Waals surface area contributed by atoms with Crippen LogP contribution in [0.15, 0.2) is 289 Å². The molecule has 4 N–H and O–H groups in total. The van der Waals surface area contributed by atoms with E-state index in [1.165, 1.54) is 47.0 Å². The van der Waals surface area contributed by atoms with Gasteiger partial charge in [0.05, 0.1) is 26.2 Å². The molecular formula is C87H92N4O20S4. The fraction of sp³-hybridized carbons (Fsp3) is 0.241. The Morgan fingerprint density at radius 3 is 0.835 bits per heavy atom.